The molecule has 0 aliphatic heterocycles. The van der Waals surface area contributed by atoms with E-state index in [0.29, 0.717) is 19.0 Å². The van der Waals surface area contributed by atoms with E-state index < -0.39 is 0 Å². The number of aromatic nitrogens is 3. The van der Waals surface area contributed by atoms with Crippen LogP contribution < -0.4 is 0 Å². The third-order valence-corrected chi connectivity index (χ3v) is 3.45. The standard InChI is InChI=1S/C13H15BrN4O/c1-18(7-12-15-4-10(14)5-16-12)8-13-17-6-11(19-13)9-2-3-9/h4-6,9H,2-3,7-8H2,1H3. The Bertz CT molecular complexity index is 550. The smallest absolute Gasteiger partial charge is 0.208 e. The Morgan fingerprint density at radius 1 is 1.21 bits per heavy atom. The Morgan fingerprint density at radius 2 is 1.95 bits per heavy atom. The molecule has 0 atom stereocenters. The van der Waals surface area contributed by atoms with Gasteiger partial charge in [-0.25, -0.2) is 15.0 Å². The zero-order valence-electron chi connectivity index (χ0n) is 10.7. The first kappa shape index (κ1) is 12.7. The first-order valence-corrected chi connectivity index (χ1v) is 7.09. The topological polar surface area (TPSA) is 55.1 Å². The summed E-state index contributed by atoms with van der Waals surface area (Å²) in [6.45, 7) is 1.35. The molecule has 0 saturated heterocycles. The highest BCUT2D eigenvalue weighted by atomic mass is 79.9. The van der Waals surface area contributed by atoms with Crippen LogP contribution in [0.1, 0.15) is 36.2 Å². The maximum absolute atomic E-state index is 5.73. The summed E-state index contributed by atoms with van der Waals surface area (Å²) < 4.78 is 6.62. The largest absolute Gasteiger partial charge is 0.444 e. The van der Waals surface area contributed by atoms with Crippen LogP contribution in [0.15, 0.2) is 27.5 Å². The Morgan fingerprint density at radius 3 is 2.63 bits per heavy atom. The highest BCUT2D eigenvalue weighted by molar-refractivity contribution is 9.10. The summed E-state index contributed by atoms with van der Waals surface area (Å²) in [4.78, 5) is 14.9. The molecule has 0 unspecified atom stereocenters. The molecule has 1 aliphatic rings. The lowest BCUT2D eigenvalue weighted by atomic mass is 10.3. The fourth-order valence-corrected chi connectivity index (χ4v) is 2.11. The second-order valence-electron chi connectivity index (χ2n) is 4.92. The monoisotopic (exact) mass is 322 g/mol. The molecule has 3 rings (SSSR count). The summed E-state index contributed by atoms with van der Waals surface area (Å²) in [5.74, 6) is 3.20. The van der Waals surface area contributed by atoms with Crippen LogP contribution >= 0.6 is 15.9 Å². The van der Waals surface area contributed by atoms with Crippen molar-refractivity contribution in [2.75, 3.05) is 7.05 Å². The van der Waals surface area contributed by atoms with Crippen LogP contribution in [0.2, 0.25) is 0 Å². The lowest BCUT2D eigenvalue weighted by Gasteiger charge is -2.12. The minimum absolute atomic E-state index is 0.612. The predicted molar refractivity (Wildman–Crippen MR) is 73.4 cm³/mol. The zero-order chi connectivity index (χ0) is 13.2. The quantitative estimate of drug-likeness (QED) is 0.847. The van der Waals surface area contributed by atoms with Gasteiger partial charge in [-0.15, -0.1) is 0 Å². The normalized spacial score (nSPS) is 15.1. The van der Waals surface area contributed by atoms with Gasteiger partial charge < -0.3 is 4.42 Å². The molecule has 100 valence electrons. The maximum atomic E-state index is 5.73. The SMILES string of the molecule is CN(Cc1ncc(Br)cn1)Cc1ncc(C2CC2)o1. The van der Waals surface area contributed by atoms with E-state index in [1.165, 1.54) is 12.8 Å². The highest BCUT2D eigenvalue weighted by Crippen LogP contribution is 2.40. The Kier molecular flexibility index (Phi) is 3.61. The Balaban J connectivity index is 1.57. The van der Waals surface area contributed by atoms with Crippen LogP contribution in [-0.2, 0) is 13.1 Å². The van der Waals surface area contributed by atoms with Gasteiger partial charge in [-0.3, -0.25) is 4.90 Å². The molecule has 2 aromatic heterocycles. The van der Waals surface area contributed by atoms with Crippen LogP contribution in [0.4, 0.5) is 0 Å². The molecule has 0 bridgehead atoms. The van der Waals surface area contributed by atoms with Gasteiger partial charge in [-0.1, -0.05) is 0 Å². The molecule has 2 heterocycles. The molecule has 6 heteroatoms. The molecule has 5 nitrogen and oxygen atoms in total. The van der Waals surface area contributed by atoms with Crippen molar-refractivity contribution in [3.05, 3.63) is 40.5 Å². The van der Waals surface area contributed by atoms with Crippen molar-refractivity contribution in [1.29, 1.82) is 0 Å². The number of oxazole rings is 1. The van der Waals surface area contributed by atoms with Crippen molar-refractivity contribution in [3.63, 3.8) is 0 Å². The van der Waals surface area contributed by atoms with E-state index in [2.05, 4.69) is 35.8 Å². The average molecular weight is 323 g/mol. The highest BCUT2D eigenvalue weighted by Gasteiger charge is 2.27. The number of hydrogen-bond acceptors (Lipinski definition) is 5. The van der Waals surface area contributed by atoms with Gasteiger partial charge in [0.2, 0.25) is 5.89 Å². The first-order valence-electron chi connectivity index (χ1n) is 6.30. The van der Waals surface area contributed by atoms with Crippen molar-refractivity contribution in [2.45, 2.75) is 31.8 Å². The zero-order valence-corrected chi connectivity index (χ0v) is 12.3. The van der Waals surface area contributed by atoms with E-state index in [-0.39, 0.29) is 0 Å². The molecular formula is C13H15BrN4O. The van der Waals surface area contributed by atoms with Crippen LogP contribution in [0.5, 0.6) is 0 Å². The summed E-state index contributed by atoms with van der Waals surface area (Å²) in [7, 11) is 2.01. The fraction of sp³-hybridized carbons (Fsp3) is 0.462. The molecule has 0 radical (unpaired) electrons. The minimum Gasteiger partial charge on any atom is -0.444 e. The van der Waals surface area contributed by atoms with Crippen molar-refractivity contribution in [2.24, 2.45) is 0 Å². The van der Waals surface area contributed by atoms with Gasteiger partial charge in [0.15, 0.2) is 0 Å². The van der Waals surface area contributed by atoms with Gasteiger partial charge in [0.1, 0.15) is 11.6 Å². The van der Waals surface area contributed by atoms with Crippen LogP contribution in [-0.4, -0.2) is 26.9 Å². The molecule has 1 fully saturated rings. The fourth-order valence-electron chi connectivity index (χ4n) is 1.90. The van der Waals surface area contributed by atoms with E-state index >= 15 is 0 Å². The van der Waals surface area contributed by atoms with E-state index in [1.807, 2.05) is 13.2 Å². The van der Waals surface area contributed by atoms with Crippen molar-refractivity contribution < 1.29 is 4.42 Å². The van der Waals surface area contributed by atoms with Gasteiger partial charge >= 0.3 is 0 Å². The number of halogens is 1. The molecule has 0 amide bonds. The van der Waals surface area contributed by atoms with Gasteiger partial charge in [-0.2, -0.15) is 0 Å². The second kappa shape index (κ2) is 5.38. The van der Waals surface area contributed by atoms with Gasteiger partial charge in [-0.05, 0) is 35.8 Å². The lowest BCUT2D eigenvalue weighted by Crippen LogP contribution is -2.18. The third kappa shape index (κ3) is 3.39. The summed E-state index contributed by atoms with van der Waals surface area (Å²) in [5.41, 5.74) is 0. The molecular weight excluding hydrogens is 308 g/mol. The summed E-state index contributed by atoms with van der Waals surface area (Å²) in [6, 6.07) is 0. The summed E-state index contributed by atoms with van der Waals surface area (Å²) in [5, 5.41) is 0. The number of hydrogen-bond donors (Lipinski definition) is 0. The van der Waals surface area contributed by atoms with Crippen LogP contribution in [0, 0.1) is 0 Å². The van der Waals surface area contributed by atoms with Gasteiger partial charge in [0, 0.05) is 18.3 Å². The van der Waals surface area contributed by atoms with E-state index in [9.17, 15) is 0 Å². The number of rotatable bonds is 5. The summed E-state index contributed by atoms with van der Waals surface area (Å²) in [6.07, 6.45) is 7.84. The summed E-state index contributed by atoms with van der Waals surface area (Å²) >= 11 is 3.32. The van der Waals surface area contributed by atoms with Crippen molar-refractivity contribution >= 4 is 15.9 Å². The lowest BCUT2D eigenvalue weighted by molar-refractivity contribution is 0.271. The molecule has 0 spiro atoms. The average Bonchev–Trinajstić information content (AvgIpc) is 3.14. The molecule has 1 saturated carbocycles. The predicted octanol–water partition coefficient (Wildman–Crippen LogP) is 2.74. The second-order valence-corrected chi connectivity index (χ2v) is 5.84. The van der Waals surface area contributed by atoms with Crippen LogP contribution in [0.25, 0.3) is 0 Å². The molecule has 2 aromatic rings. The Labute approximate surface area is 120 Å². The third-order valence-electron chi connectivity index (χ3n) is 3.04. The minimum atomic E-state index is 0.612. The van der Waals surface area contributed by atoms with Crippen molar-refractivity contribution in [1.82, 2.24) is 19.9 Å². The Hall–Kier alpha value is -1.27. The molecule has 1 aliphatic carbocycles. The van der Waals surface area contributed by atoms with Crippen molar-refractivity contribution in [3.8, 4) is 0 Å². The van der Waals surface area contributed by atoms with Crippen LogP contribution in [0.3, 0.4) is 0 Å². The van der Waals surface area contributed by atoms with E-state index in [4.69, 9.17) is 4.42 Å². The molecule has 0 aromatic carbocycles. The maximum Gasteiger partial charge on any atom is 0.208 e. The molecule has 19 heavy (non-hydrogen) atoms. The van der Waals surface area contributed by atoms with E-state index in [0.717, 1.165) is 21.9 Å². The first-order chi connectivity index (χ1) is 9.20. The van der Waals surface area contributed by atoms with Gasteiger partial charge in [0.25, 0.3) is 0 Å². The van der Waals surface area contributed by atoms with E-state index in [1.54, 1.807) is 12.4 Å². The molecule has 0 N–H and O–H groups in total. The van der Waals surface area contributed by atoms with Gasteiger partial charge in [0.05, 0.1) is 23.8 Å². The number of nitrogens with zero attached hydrogens (tertiary/aromatic N) is 4.